The van der Waals surface area contributed by atoms with Crippen molar-refractivity contribution in [2.75, 3.05) is 11.1 Å². The van der Waals surface area contributed by atoms with Gasteiger partial charge in [-0.25, -0.2) is 4.39 Å². The molecule has 0 saturated heterocycles. The summed E-state index contributed by atoms with van der Waals surface area (Å²) >= 11 is 1.16. The first-order valence-corrected chi connectivity index (χ1v) is 8.93. The normalized spacial score (nSPS) is 10.8. The predicted molar refractivity (Wildman–Crippen MR) is 103 cm³/mol. The molecule has 4 nitrogen and oxygen atoms in total. The van der Waals surface area contributed by atoms with Gasteiger partial charge < -0.3 is 5.32 Å². The number of anilines is 1. The van der Waals surface area contributed by atoms with Gasteiger partial charge in [0.05, 0.1) is 17.1 Å². The molecular weight excluding hydrogens is 349 g/mol. The second-order valence-corrected chi connectivity index (χ2v) is 6.37. The Kier molecular flexibility index (Phi) is 6.11. The van der Waals surface area contributed by atoms with Crippen LogP contribution >= 0.6 is 11.8 Å². The monoisotopic (exact) mass is 365 g/mol. The molecule has 0 aliphatic heterocycles. The first kappa shape index (κ1) is 17.8. The number of thioether (sulfide) groups is 1. The number of nitrogens with one attached hydrogen (secondary N) is 1. The van der Waals surface area contributed by atoms with E-state index in [-0.39, 0.29) is 17.5 Å². The summed E-state index contributed by atoms with van der Waals surface area (Å²) in [7, 11) is 0. The number of azo groups is 1. The lowest BCUT2D eigenvalue weighted by atomic mass is 10.3. The lowest BCUT2D eigenvalue weighted by Gasteiger charge is -2.06. The quantitative estimate of drug-likeness (QED) is 0.432. The lowest BCUT2D eigenvalue weighted by molar-refractivity contribution is -0.113. The Morgan fingerprint density at radius 2 is 1.46 bits per heavy atom. The third-order valence-electron chi connectivity index (χ3n) is 3.38. The van der Waals surface area contributed by atoms with Crippen LogP contribution in [-0.2, 0) is 4.79 Å². The van der Waals surface area contributed by atoms with Gasteiger partial charge in [-0.05, 0) is 48.5 Å². The molecule has 130 valence electrons. The molecule has 3 aromatic carbocycles. The van der Waals surface area contributed by atoms with Crippen molar-refractivity contribution in [2.45, 2.75) is 4.90 Å². The highest BCUT2D eigenvalue weighted by atomic mass is 32.2. The molecule has 3 rings (SSSR count). The maximum absolute atomic E-state index is 13.5. The Labute approximate surface area is 155 Å². The van der Waals surface area contributed by atoms with E-state index in [9.17, 15) is 9.18 Å². The van der Waals surface area contributed by atoms with Crippen LogP contribution in [0, 0.1) is 5.82 Å². The Balaban J connectivity index is 1.53. The van der Waals surface area contributed by atoms with Crippen molar-refractivity contribution < 1.29 is 9.18 Å². The molecule has 0 radical (unpaired) electrons. The largest absolute Gasteiger partial charge is 0.325 e. The third-order valence-corrected chi connectivity index (χ3v) is 4.43. The minimum Gasteiger partial charge on any atom is -0.325 e. The summed E-state index contributed by atoms with van der Waals surface area (Å²) in [4.78, 5) is 12.5. The van der Waals surface area contributed by atoms with Crippen molar-refractivity contribution in [2.24, 2.45) is 10.2 Å². The number of nitrogens with zero attached hydrogens (tertiary/aromatic N) is 2. The lowest BCUT2D eigenvalue weighted by Crippen LogP contribution is -2.13. The molecule has 0 heterocycles. The molecule has 0 spiro atoms. The van der Waals surface area contributed by atoms with E-state index in [1.807, 2.05) is 30.3 Å². The van der Waals surface area contributed by atoms with E-state index < -0.39 is 0 Å². The van der Waals surface area contributed by atoms with Crippen LogP contribution in [0.4, 0.5) is 21.5 Å². The number of hydrogen-bond acceptors (Lipinski definition) is 4. The summed E-state index contributed by atoms with van der Waals surface area (Å²) in [6.07, 6.45) is 0. The molecule has 1 N–H and O–H groups in total. The fourth-order valence-electron chi connectivity index (χ4n) is 2.12. The second kappa shape index (κ2) is 8.92. The average molecular weight is 365 g/mol. The Morgan fingerprint density at radius 3 is 2.15 bits per heavy atom. The summed E-state index contributed by atoms with van der Waals surface area (Å²) in [5.74, 6) is -0.383. The summed E-state index contributed by atoms with van der Waals surface area (Å²) in [5.41, 5.74) is 2.12. The van der Waals surface area contributed by atoms with Crippen molar-refractivity contribution in [1.29, 1.82) is 0 Å². The van der Waals surface area contributed by atoms with Gasteiger partial charge in [0.2, 0.25) is 5.91 Å². The first-order chi connectivity index (χ1) is 12.7. The molecule has 0 fully saturated rings. The zero-order chi connectivity index (χ0) is 18.2. The van der Waals surface area contributed by atoms with Gasteiger partial charge in [-0.1, -0.05) is 30.3 Å². The molecule has 0 atom stereocenters. The zero-order valence-corrected chi connectivity index (χ0v) is 14.6. The van der Waals surface area contributed by atoms with E-state index in [1.54, 1.807) is 42.5 Å². The fourth-order valence-corrected chi connectivity index (χ4v) is 2.86. The number of carbonyl (C=O) groups is 1. The van der Waals surface area contributed by atoms with E-state index in [2.05, 4.69) is 15.5 Å². The van der Waals surface area contributed by atoms with Gasteiger partial charge in [0.25, 0.3) is 0 Å². The number of benzene rings is 3. The predicted octanol–water partition coefficient (Wildman–Crippen LogP) is 5.97. The highest BCUT2D eigenvalue weighted by Crippen LogP contribution is 2.22. The van der Waals surface area contributed by atoms with Crippen molar-refractivity contribution in [1.82, 2.24) is 0 Å². The number of carbonyl (C=O) groups excluding carboxylic acids is 1. The van der Waals surface area contributed by atoms with Crippen molar-refractivity contribution in [3.05, 3.63) is 84.7 Å². The first-order valence-electron chi connectivity index (χ1n) is 7.95. The Bertz CT molecular complexity index is 898. The molecular formula is C20H16FN3OS. The van der Waals surface area contributed by atoms with Crippen LogP contribution in [-0.4, -0.2) is 11.7 Å². The van der Waals surface area contributed by atoms with Crippen LogP contribution in [0.2, 0.25) is 0 Å². The van der Waals surface area contributed by atoms with E-state index in [1.165, 1.54) is 6.07 Å². The number of amides is 1. The van der Waals surface area contributed by atoms with Gasteiger partial charge in [-0.2, -0.15) is 10.2 Å². The van der Waals surface area contributed by atoms with E-state index in [0.717, 1.165) is 17.4 Å². The smallest absolute Gasteiger partial charge is 0.234 e. The highest BCUT2D eigenvalue weighted by Gasteiger charge is 2.06. The van der Waals surface area contributed by atoms with Crippen LogP contribution in [0.5, 0.6) is 0 Å². The van der Waals surface area contributed by atoms with Crippen LogP contribution in [0.25, 0.3) is 0 Å². The molecule has 3 aromatic rings. The Hall–Kier alpha value is -2.99. The van der Waals surface area contributed by atoms with Crippen LogP contribution in [0.1, 0.15) is 0 Å². The van der Waals surface area contributed by atoms with Crippen molar-refractivity contribution >= 4 is 34.7 Å². The summed E-state index contributed by atoms with van der Waals surface area (Å²) in [6.45, 7) is 0. The Morgan fingerprint density at radius 1 is 0.846 bits per heavy atom. The molecule has 0 aromatic heterocycles. The van der Waals surface area contributed by atoms with Gasteiger partial charge in [-0.15, -0.1) is 11.8 Å². The van der Waals surface area contributed by atoms with Gasteiger partial charge in [0, 0.05) is 10.6 Å². The van der Waals surface area contributed by atoms with Gasteiger partial charge in [-0.3, -0.25) is 4.79 Å². The SMILES string of the molecule is O=C(CSc1ccccc1F)Nc1ccc(N=Nc2ccccc2)cc1. The highest BCUT2D eigenvalue weighted by molar-refractivity contribution is 8.00. The van der Waals surface area contributed by atoms with Gasteiger partial charge in [0.15, 0.2) is 0 Å². The van der Waals surface area contributed by atoms with E-state index in [4.69, 9.17) is 0 Å². The molecule has 26 heavy (non-hydrogen) atoms. The van der Waals surface area contributed by atoms with Crippen molar-refractivity contribution in [3.8, 4) is 0 Å². The molecule has 0 aliphatic carbocycles. The van der Waals surface area contributed by atoms with Crippen molar-refractivity contribution in [3.63, 3.8) is 0 Å². The number of halogens is 1. The second-order valence-electron chi connectivity index (χ2n) is 5.35. The zero-order valence-electron chi connectivity index (χ0n) is 13.8. The van der Waals surface area contributed by atoms with Crippen LogP contribution in [0.3, 0.4) is 0 Å². The van der Waals surface area contributed by atoms with Gasteiger partial charge >= 0.3 is 0 Å². The molecule has 0 bridgehead atoms. The topological polar surface area (TPSA) is 53.8 Å². The fraction of sp³-hybridized carbons (Fsp3) is 0.0500. The number of rotatable bonds is 6. The summed E-state index contributed by atoms with van der Waals surface area (Å²) in [6, 6.07) is 22.9. The summed E-state index contributed by atoms with van der Waals surface area (Å²) in [5, 5.41) is 11.1. The minimum atomic E-state index is -0.321. The third kappa shape index (κ3) is 5.26. The van der Waals surface area contributed by atoms with Crippen LogP contribution in [0.15, 0.2) is 94.0 Å². The van der Waals surface area contributed by atoms with E-state index in [0.29, 0.717) is 16.3 Å². The van der Waals surface area contributed by atoms with Crippen LogP contribution < -0.4 is 5.32 Å². The number of hydrogen-bond donors (Lipinski definition) is 1. The van der Waals surface area contributed by atoms with E-state index >= 15 is 0 Å². The molecule has 6 heteroatoms. The summed E-state index contributed by atoms with van der Waals surface area (Å²) < 4.78 is 13.5. The molecule has 0 aliphatic rings. The molecule has 1 amide bonds. The molecule has 0 saturated carbocycles. The van der Waals surface area contributed by atoms with Gasteiger partial charge in [0.1, 0.15) is 5.82 Å². The minimum absolute atomic E-state index is 0.135. The average Bonchev–Trinajstić information content (AvgIpc) is 2.68. The maximum Gasteiger partial charge on any atom is 0.234 e. The standard InChI is InChI=1S/C20H16FN3OS/c21-18-8-4-5-9-19(18)26-14-20(25)22-15-10-12-17(13-11-15)24-23-16-6-2-1-3-7-16/h1-13H,14H2,(H,22,25). The molecule has 0 unspecified atom stereocenters. The maximum atomic E-state index is 13.5.